The lowest BCUT2D eigenvalue weighted by molar-refractivity contribution is -0.137. The minimum Gasteiger partial charge on any atom is -0.388 e. The SMILES string of the molecule is Cc1nn(C)[c]c1C=NOC(C)c1cccc(C(F)(F)F)c1. The van der Waals surface area contributed by atoms with Gasteiger partial charge in [-0.1, -0.05) is 17.3 Å². The van der Waals surface area contributed by atoms with Crippen LogP contribution >= 0.6 is 0 Å². The normalized spacial score (nSPS) is 13.5. The lowest BCUT2D eigenvalue weighted by atomic mass is 10.1. The van der Waals surface area contributed by atoms with E-state index in [-0.39, 0.29) is 0 Å². The van der Waals surface area contributed by atoms with Gasteiger partial charge in [-0.3, -0.25) is 4.68 Å². The van der Waals surface area contributed by atoms with E-state index in [1.165, 1.54) is 17.0 Å². The van der Waals surface area contributed by atoms with E-state index < -0.39 is 17.8 Å². The lowest BCUT2D eigenvalue weighted by Gasteiger charge is -2.12. The maximum Gasteiger partial charge on any atom is 0.416 e. The molecule has 0 N–H and O–H groups in total. The highest BCUT2D eigenvalue weighted by Crippen LogP contribution is 2.31. The molecule has 1 atom stereocenters. The van der Waals surface area contributed by atoms with Crippen molar-refractivity contribution in [3.05, 3.63) is 52.8 Å². The summed E-state index contributed by atoms with van der Waals surface area (Å²) in [7, 11) is 1.73. The standard InChI is InChI=1S/C15H15F3N3O/c1-10-13(9-21(3)20-10)8-19-22-11(2)12-5-4-6-14(7-12)15(16,17)18/h4-8,11H,1-3H3. The highest BCUT2D eigenvalue weighted by atomic mass is 19.4. The lowest BCUT2D eigenvalue weighted by Crippen LogP contribution is -2.06. The number of alkyl halides is 3. The van der Waals surface area contributed by atoms with E-state index in [1.807, 2.05) is 0 Å². The Bertz CT molecular complexity index is 677. The predicted octanol–water partition coefficient (Wildman–Crippen LogP) is 3.66. The van der Waals surface area contributed by atoms with Gasteiger partial charge < -0.3 is 4.84 Å². The summed E-state index contributed by atoms with van der Waals surface area (Å²) in [6.07, 6.45) is -0.624. The molecule has 1 unspecified atom stereocenters. The van der Waals surface area contributed by atoms with Crippen molar-refractivity contribution in [1.29, 1.82) is 0 Å². The molecular weight excluding hydrogens is 295 g/mol. The van der Waals surface area contributed by atoms with E-state index in [0.29, 0.717) is 11.1 Å². The highest BCUT2D eigenvalue weighted by molar-refractivity contribution is 5.79. The van der Waals surface area contributed by atoms with E-state index >= 15 is 0 Å². The van der Waals surface area contributed by atoms with E-state index in [0.717, 1.165) is 17.8 Å². The highest BCUT2D eigenvalue weighted by Gasteiger charge is 2.30. The smallest absolute Gasteiger partial charge is 0.388 e. The number of nitrogens with zero attached hydrogens (tertiary/aromatic N) is 3. The minimum atomic E-state index is -4.37. The Morgan fingerprint density at radius 2 is 2.14 bits per heavy atom. The van der Waals surface area contributed by atoms with E-state index in [4.69, 9.17) is 4.84 Å². The number of aryl methyl sites for hydroxylation is 2. The summed E-state index contributed by atoms with van der Waals surface area (Å²) in [6, 6.07) is 4.99. The number of rotatable bonds is 4. The van der Waals surface area contributed by atoms with Gasteiger partial charge in [0.25, 0.3) is 0 Å². The maximum atomic E-state index is 12.7. The molecule has 0 amide bonds. The van der Waals surface area contributed by atoms with Crippen LogP contribution in [0.4, 0.5) is 13.2 Å². The van der Waals surface area contributed by atoms with E-state index in [9.17, 15) is 13.2 Å². The first-order chi connectivity index (χ1) is 10.3. The third kappa shape index (κ3) is 3.87. The van der Waals surface area contributed by atoms with Crippen LogP contribution in [0.25, 0.3) is 0 Å². The van der Waals surface area contributed by atoms with Crippen LogP contribution in [0.15, 0.2) is 29.4 Å². The van der Waals surface area contributed by atoms with Crippen LogP contribution in [0.5, 0.6) is 0 Å². The maximum absolute atomic E-state index is 12.7. The predicted molar refractivity (Wildman–Crippen MR) is 75.3 cm³/mol. The van der Waals surface area contributed by atoms with Crippen molar-refractivity contribution in [2.75, 3.05) is 0 Å². The van der Waals surface area contributed by atoms with Crippen LogP contribution in [-0.2, 0) is 18.1 Å². The van der Waals surface area contributed by atoms with Gasteiger partial charge in [-0.15, -0.1) is 0 Å². The summed E-state index contributed by atoms with van der Waals surface area (Å²) in [4.78, 5) is 5.21. The first kappa shape index (κ1) is 16.1. The van der Waals surface area contributed by atoms with Crippen LogP contribution in [-0.4, -0.2) is 16.0 Å². The number of halogens is 3. The van der Waals surface area contributed by atoms with E-state index in [1.54, 1.807) is 27.0 Å². The van der Waals surface area contributed by atoms with Gasteiger partial charge in [-0.05, 0) is 31.5 Å². The third-order valence-corrected chi connectivity index (χ3v) is 3.06. The first-order valence-corrected chi connectivity index (χ1v) is 6.56. The van der Waals surface area contributed by atoms with Crippen LogP contribution < -0.4 is 0 Å². The van der Waals surface area contributed by atoms with Crippen LogP contribution in [0.1, 0.15) is 35.4 Å². The van der Waals surface area contributed by atoms with Crippen molar-refractivity contribution in [3.63, 3.8) is 0 Å². The largest absolute Gasteiger partial charge is 0.416 e. The fourth-order valence-electron chi connectivity index (χ4n) is 1.88. The minimum absolute atomic E-state index is 0.402. The molecule has 1 radical (unpaired) electrons. The third-order valence-electron chi connectivity index (χ3n) is 3.06. The summed E-state index contributed by atoms with van der Waals surface area (Å²) < 4.78 is 39.5. The van der Waals surface area contributed by atoms with Crippen molar-refractivity contribution in [2.45, 2.75) is 26.1 Å². The Hall–Kier alpha value is -2.31. The molecule has 2 aromatic rings. The second-order valence-corrected chi connectivity index (χ2v) is 4.84. The molecule has 4 nitrogen and oxygen atoms in total. The summed E-state index contributed by atoms with van der Waals surface area (Å²) in [5.41, 5.74) is 1.10. The van der Waals surface area contributed by atoms with Crippen molar-refractivity contribution in [1.82, 2.24) is 9.78 Å². The molecular formula is C15H15F3N3O. The van der Waals surface area contributed by atoms with Crippen molar-refractivity contribution >= 4 is 6.21 Å². The molecule has 0 aliphatic rings. The molecule has 1 aromatic heterocycles. The number of aromatic nitrogens is 2. The van der Waals surface area contributed by atoms with Crippen LogP contribution in [0.2, 0.25) is 0 Å². The molecule has 117 valence electrons. The molecule has 0 spiro atoms. The van der Waals surface area contributed by atoms with Gasteiger partial charge >= 0.3 is 6.18 Å². The Balaban J connectivity index is 2.06. The monoisotopic (exact) mass is 310 g/mol. The molecule has 0 aliphatic heterocycles. The molecule has 0 saturated carbocycles. The molecule has 0 saturated heterocycles. The summed E-state index contributed by atoms with van der Waals surface area (Å²) in [6.45, 7) is 3.43. The van der Waals surface area contributed by atoms with Crippen LogP contribution in [0.3, 0.4) is 0 Å². The second kappa shape index (κ2) is 6.21. The first-order valence-electron chi connectivity index (χ1n) is 6.56. The Morgan fingerprint density at radius 3 is 2.73 bits per heavy atom. The Morgan fingerprint density at radius 1 is 1.41 bits per heavy atom. The van der Waals surface area contributed by atoms with Gasteiger partial charge in [0.1, 0.15) is 6.10 Å². The fourth-order valence-corrected chi connectivity index (χ4v) is 1.88. The van der Waals surface area contributed by atoms with Gasteiger partial charge in [0.2, 0.25) is 0 Å². The molecule has 0 aliphatic carbocycles. The Kier molecular flexibility index (Phi) is 4.54. The fraction of sp³-hybridized carbons (Fsp3) is 0.333. The summed E-state index contributed by atoms with van der Waals surface area (Å²) >= 11 is 0. The number of hydrogen-bond acceptors (Lipinski definition) is 3. The summed E-state index contributed by atoms with van der Waals surface area (Å²) in [5.74, 6) is 0. The molecule has 2 rings (SSSR count). The van der Waals surface area contributed by atoms with Crippen LogP contribution in [0, 0.1) is 13.1 Å². The second-order valence-electron chi connectivity index (χ2n) is 4.84. The molecule has 7 heteroatoms. The van der Waals surface area contributed by atoms with Gasteiger partial charge in [0.15, 0.2) is 0 Å². The quantitative estimate of drug-likeness (QED) is 0.638. The number of hydrogen-bond donors (Lipinski definition) is 0. The molecule has 22 heavy (non-hydrogen) atoms. The van der Waals surface area contributed by atoms with Gasteiger partial charge in [0.05, 0.1) is 23.7 Å². The molecule has 0 fully saturated rings. The Labute approximate surface area is 126 Å². The van der Waals surface area contributed by atoms with Crippen molar-refractivity contribution in [3.8, 4) is 0 Å². The van der Waals surface area contributed by atoms with Gasteiger partial charge in [0, 0.05) is 12.6 Å². The topological polar surface area (TPSA) is 39.4 Å². The molecule has 0 bridgehead atoms. The van der Waals surface area contributed by atoms with E-state index in [2.05, 4.69) is 16.5 Å². The average molecular weight is 310 g/mol. The zero-order valence-electron chi connectivity index (χ0n) is 12.3. The van der Waals surface area contributed by atoms with Crippen molar-refractivity contribution < 1.29 is 18.0 Å². The number of benzene rings is 1. The zero-order valence-corrected chi connectivity index (χ0v) is 12.3. The van der Waals surface area contributed by atoms with Gasteiger partial charge in [-0.25, -0.2) is 0 Å². The average Bonchev–Trinajstić information content (AvgIpc) is 2.76. The zero-order chi connectivity index (χ0) is 16.3. The van der Waals surface area contributed by atoms with Gasteiger partial charge in [-0.2, -0.15) is 18.3 Å². The summed E-state index contributed by atoms with van der Waals surface area (Å²) in [5, 5.41) is 7.89. The number of oxime groups is 1. The van der Waals surface area contributed by atoms with Crippen molar-refractivity contribution in [2.24, 2.45) is 12.2 Å². The molecule has 1 aromatic carbocycles. The molecule has 1 heterocycles.